The molecule has 0 atom stereocenters. The zero-order valence-corrected chi connectivity index (χ0v) is 9.95. The van der Waals surface area contributed by atoms with Crippen LogP contribution < -0.4 is 10.2 Å². The van der Waals surface area contributed by atoms with E-state index >= 15 is 0 Å². The van der Waals surface area contributed by atoms with Crippen LogP contribution in [-0.2, 0) is 11.4 Å². The highest BCUT2D eigenvalue weighted by molar-refractivity contribution is 5.80. The van der Waals surface area contributed by atoms with Crippen LogP contribution in [0.25, 0.3) is 0 Å². The van der Waals surface area contributed by atoms with Gasteiger partial charge in [-0.05, 0) is 30.2 Å². The molecule has 0 heterocycles. The first kappa shape index (κ1) is 12.5. The average Bonchev–Trinajstić information content (AvgIpc) is 2.28. The third-order valence-corrected chi connectivity index (χ3v) is 2.60. The number of carbonyl (C=O) groups excluding carboxylic acids is 1. The Kier molecular flexibility index (Phi) is 4.31. The number of benzene rings is 1. The molecule has 2 N–H and O–H groups in total. The lowest BCUT2D eigenvalue weighted by Crippen LogP contribution is -2.32. The predicted molar refractivity (Wildman–Crippen MR) is 64.4 cm³/mol. The van der Waals surface area contributed by atoms with Crippen LogP contribution in [-0.4, -0.2) is 31.7 Å². The summed E-state index contributed by atoms with van der Waals surface area (Å²) in [5.74, 6) is -0.0219. The molecule has 0 aliphatic heterocycles. The number of aliphatic hydroxyl groups excluding tert-OH is 1. The average molecular weight is 222 g/mol. The van der Waals surface area contributed by atoms with Gasteiger partial charge in [0.25, 0.3) is 0 Å². The predicted octanol–water partition coefficient (Wildman–Crippen LogP) is 0.670. The van der Waals surface area contributed by atoms with Crippen molar-refractivity contribution in [3.05, 3.63) is 29.3 Å². The minimum atomic E-state index is -0.0219. The number of aryl methyl sites for hydroxylation is 1. The first-order valence-corrected chi connectivity index (χ1v) is 5.20. The number of hydrogen-bond acceptors (Lipinski definition) is 3. The van der Waals surface area contributed by atoms with Crippen LogP contribution in [0.4, 0.5) is 5.69 Å². The second-order valence-corrected chi connectivity index (χ2v) is 3.80. The Morgan fingerprint density at radius 3 is 2.69 bits per heavy atom. The number of hydrogen-bond donors (Lipinski definition) is 2. The molecule has 0 radical (unpaired) electrons. The summed E-state index contributed by atoms with van der Waals surface area (Å²) in [5.41, 5.74) is 2.92. The van der Waals surface area contributed by atoms with Crippen molar-refractivity contribution in [2.45, 2.75) is 13.5 Å². The second kappa shape index (κ2) is 5.51. The van der Waals surface area contributed by atoms with E-state index in [0.717, 1.165) is 16.8 Å². The summed E-state index contributed by atoms with van der Waals surface area (Å²) in [5, 5.41) is 11.6. The van der Waals surface area contributed by atoms with E-state index in [4.69, 9.17) is 5.11 Å². The Labute approximate surface area is 95.9 Å². The summed E-state index contributed by atoms with van der Waals surface area (Å²) in [6.07, 6.45) is 0. The third-order valence-electron chi connectivity index (χ3n) is 2.60. The zero-order chi connectivity index (χ0) is 12.1. The Morgan fingerprint density at radius 2 is 2.19 bits per heavy atom. The summed E-state index contributed by atoms with van der Waals surface area (Å²) in [6.45, 7) is 2.32. The van der Waals surface area contributed by atoms with Gasteiger partial charge in [0, 0.05) is 19.8 Å². The van der Waals surface area contributed by atoms with Crippen molar-refractivity contribution in [1.82, 2.24) is 5.32 Å². The SMILES string of the molecule is CNC(=O)CN(C)c1ccc(CO)c(C)c1. The smallest absolute Gasteiger partial charge is 0.239 e. The monoisotopic (exact) mass is 222 g/mol. The molecule has 0 fully saturated rings. The van der Waals surface area contributed by atoms with Gasteiger partial charge in [0.2, 0.25) is 5.91 Å². The standard InChI is InChI=1S/C12H18N2O2/c1-9-6-11(5-4-10(9)8-15)14(3)7-12(16)13-2/h4-6,15H,7-8H2,1-3H3,(H,13,16). The van der Waals surface area contributed by atoms with Gasteiger partial charge in [-0.25, -0.2) is 0 Å². The molecule has 1 amide bonds. The molecule has 4 heteroatoms. The highest BCUT2D eigenvalue weighted by atomic mass is 16.3. The van der Waals surface area contributed by atoms with Gasteiger partial charge in [-0.2, -0.15) is 0 Å². The van der Waals surface area contributed by atoms with Crippen molar-refractivity contribution in [3.63, 3.8) is 0 Å². The Bertz CT molecular complexity index is 377. The lowest BCUT2D eigenvalue weighted by atomic mass is 10.1. The van der Waals surface area contributed by atoms with Crippen molar-refractivity contribution in [2.75, 3.05) is 25.5 Å². The molecule has 1 rings (SSSR count). The van der Waals surface area contributed by atoms with E-state index in [-0.39, 0.29) is 12.5 Å². The fourth-order valence-corrected chi connectivity index (χ4v) is 1.48. The molecule has 16 heavy (non-hydrogen) atoms. The Balaban J connectivity index is 2.80. The summed E-state index contributed by atoms with van der Waals surface area (Å²) in [4.78, 5) is 13.1. The van der Waals surface area contributed by atoms with E-state index in [2.05, 4.69) is 5.32 Å². The van der Waals surface area contributed by atoms with Gasteiger partial charge in [0.15, 0.2) is 0 Å². The van der Waals surface area contributed by atoms with Crippen molar-refractivity contribution >= 4 is 11.6 Å². The van der Waals surface area contributed by atoms with E-state index < -0.39 is 0 Å². The molecule has 0 bridgehead atoms. The molecule has 1 aromatic carbocycles. The number of aliphatic hydroxyl groups is 1. The molecule has 0 spiro atoms. The minimum Gasteiger partial charge on any atom is -0.392 e. The number of nitrogens with one attached hydrogen (secondary N) is 1. The van der Waals surface area contributed by atoms with Gasteiger partial charge < -0.3 is 15.3 Å². The zero-order valence-electron chi connectivity index (χ0n) is 9.95. The molecule has 4 nitrogen and oxygen atoms in total. The lowest BCUT2D eigenvalue weighted by molar-refractivity contribution is -0.119. The summed E-state index contributed by atoms with van der Waals surface area (Å²) < 4.78 is 0. The van der Waals surface area contributed by atoms with Crippen LogP contribution >= 0.6 is 0 Å². The molecule has 1 aromatic rings. The van der Waals surface area contributed by atoms with Gasteiger partial charge in [-0.3, -0.25) is 4.79 Å². The number of carbonyl (C=O) groups is 1. The highest BCUT2D eigenvalue weighted by Gasteiger charge is 2.07. The fourth-order valence-electron chi connectivity index (χ4n) is 1.48. The van der Waals surface area contributed by atoms with Crippen molar-refractivity contribution in [3.8, 4) is 0 Å². The van der Waals surface area contributed by atoms with Crippen molar-refractivity contribution in [1.29, 1.82) is 0 Å². The normalized spacial score (nSPS) is 10.0. The van der Waals surface area contributed by atoms with Crippen molar-refractivity contribution < 1.29 is 9.90 Å². The fraction of sp³-hybridized carbons (Fsp3) is 0.417. The molecule has 0 aromatic heterocycles. The second-order valence-electron chi connectivity index (χ2n) is 3.80. The van der Waals surface area contributed by atoms with Gasteiger partial charge >= 0.3 is 0 Å². The quantitative estimate of drug-likeness (QED) is 0.787. The first-order valence-electron chi connectivity index (χ1n) is 5.20. The van der Waals surface area contributed by atoms with Gasteiger partial charge in [-0.1, -0.05) is 6.07 Å². The number of amides is 1. The molecule has 0 saturated carbocycles. The van der Waals surface area contributed by atoms with Crippen LogP contribution in [0.2, 0.25) is 0 Å². The topological polar surface area (TPSA) is 52.6 Å². The van der Waals surface area contributed by atoms with Crippen LogP contribution in [0.5, 0.6) is 0 Å². The van der Waals surface area contributed by atoms with Gasteiger partial charge in [-0.15, -0.1) is 0 Å². The maximum absolute atomic E-state index is 11.2. The molecular formula is C12H18N2O2. The molecule has 0 saturated heterocycles. The number of rotatable bonds is 4. The third kappa shape index (κ3) is 2.97. The Morgan fingerprint density at radius 1 is 1.50 bits per heavy atom. The van der Waals surface area contributed by atoms with Crippen LogP contribution in [0.1, 0.15) is 11.1 Å². The summed E-state index contributed by atoms with van der Waals surface area (Å²) in [6, 6.07) is 5.75. The van der Waals surface area contributed by atoms with Crippen LogP contribution in [0, 0.1) is 6.92 Å². The molecule has 0 unspecified atom stereocenters. The van der Waals surface area contributed by atoms with E-state index in [9.17, 15) is 4.79 Å². The molecule has 0 aliphatic rings. The van der Waals surface area contributed by atoms with E-state index in [0.29, 0.717) is 6.54 Å². The first-order chi connectivity index (χ1) is 7.58. The van der Waals surface area contributed by atoms with Crippen molar-refractivity contribution in [2.24, 2.45) is 0 Å². The van der Waals surface area contributed by atoms with Gasteiger partial charge in [0.1, 0.15) is 0 Å². The molecule has 88 valence electrons. The lowest BCUT2D eigenvalue weighted by Gasteiger charge is -2.19. The molecular weight excluding hydrogens is 204 g/mol. The highest BCUT2D eigenvalue weighted by Crippen LogP contribution is 2.17. The minimum absolute atomic E-state index is 0.0219. The van der Waals surface area contributed by atoms with E-state index in [1.165, 1.54) is 0 Å². The summed E-state index contributed by atoms with van der Waals surface area (Å²) in [7, 11) is 3.49. The largest absolute Gasteiger partial charge is 0.392 e. The maximum Gasteiger partial charge on any atom is 0.239 e. The van der Waals surface area contributed by atoms with Crippen LogP contribution in [0.3, 0.4) is 0 Å². The maximum atomic E-state index is 11.2. The molecule has 0 aliphatic carbocycles. The Hall–Kier alpha value is -1.55. The van der Waals surface area contributed by atoms with Gasteiger partial charge in [0.05, 0.1) is 13.2 Å². The number of likely N-dealkylation sites (N-methyl/N-ethyl adjacent to an activating group) is 2. The number of anilines is 1. The van der Waals surface area contributed by atoms with E-state index in [1.54, 1.807) is 7.05 Å². The van der Waals surface area contributed by atoms with Crippen LogP contribution in [0.15, 0.2) is 18.2 Å². The van der Waals surface area contributed by atoms with E-state index in [1.807, 2.05) is 37.1 Å². The summed E-state index contributed by atoms with van der Waals surface area (Å²) >= 11 is 0. The number of nitrogens with zero attached hydrogens (tertiary/aromatic N) is 1.